The molecule has 1 aliphatic rings. The number of hydrogen-bond acceptors (Lipinski definition) is 5. The fourth-order valence-corrected chi connectivity index (χ4v) is 3.14. The normalized spacial score (nSPS) is 16.8. The first-order chi connectivity index (χ1) is 8.06. The van der Waals surface area contributed by atoms with Crippen LogP contribution in [0.1, 0.15) is 17.3 Å². The highest BCUT2D eigenvalue weighted by Crippen LogP contribution is 2.29. The van der Waals surface area contributed by atoms with Crippen molar-refractivity contribution in [2.45, 2.75) is 11.8 Å². The summed E-state index contributed by atoms with van der Waals surface area (Å²) in [5, 5.41) is 2.95. The molecule has 0 saturated heterocycles. The number of carbonyl (C=O) groups excluding carboxylic acids is 1. The Hall–Kier alpha value is -1.56. The van der Waals surface area contributed by atoms with Gasteiger partial charge in [-0.05, 0) is 19.1 Å². The van der Waals surface area contributed by atoms with Gasteiger partial charge in [-0.2, -0.15) is 0 Å². The van der Waals surface area contributed by atoms with Crippen molar-refractivity contribution >= 4 is 21.5 Å². The number of benzene rings is 1. The van der Waals surface area contributed by atoms with Crippen LogP contribution in [0.4, 0.5) is 5.69 Å². The SMILES string of the molecule is CCOC(=O)c1cccc2c1NCCS2(=O)=O. The summed E-state index contributed by atoms with van der Waals surface area (Å²) in [7, 11) is -3.28. The second kappa shape index (κ2) is 4.37. The highest BCUT2D eigenvalue weighted by molar-refractivity contribution is 7.91. The standard InChI is InChI=1S/C11H13NO4S/c1-2-16-11(13)8-4-3-5-9-10(8)12-6-7-17(9,14)15/h3-5,12H,2,6-7H2,1H3. The van der Waals surface area contributed by atoms with Gasteiger partial charge in [-0.1, -0.05) is 6.07 Å². The number of sulfone groups is 1. The van der Waals surface area contributed by atoms with Crippen molar-refractivity contribution in [2.75, 3.05) is 24.2 Å². The summed E-state index contributed by atoms with van der Waals surface area (Å²) in [6.07, 6.45) is 0. The lowest BCUT2D eigenvalue weighted by molar-refractivity contribution is 0.0527. The zero-order chi connectivity index (χ0) is 12.5. The minimum absolute atomic E-state index is 0.0479. The van der Waals surface area contributed by atoms with Gasteiger partial charge in [0.25, 0.3) is 0 Å². The van der Waals surface area contributed by atoms with Gasteiger partial charge >= 0.3 is 5.97 Å². The maximum Gasteiger partial charge on any atom is 0.340 e. The molecule has 0 atom stereocenters. The predicted molar refractivity (Wildman–Crippen MR) is 62.9 cm³/mol. The minimum atomic E-state index is -3.28. The molecule has 0 saturated carbocycles. The van der Waals surface area contributed by atoms with Crippen molar-refractivity contribution < 1.29 is 17.9 Å². The molecule has 1 N–H and O–H groups in total. The van der Waals surface area contributed by atoms with Crippen LogP contribution >= 0.6 is 0 Å². The molecule has 6 heteroatoms. The van der Waals surface area contributed by atoms with Gasteiger partial charge in [0.05, 0.1) is 28.5 Å². The first-order valence-electron chi connectivity index (χ1n) is 5.33. The maximum atomic E-state index is 11.8. The quantitative estimate of drug-likeness (QED) is 0.800. The molecule has 1 heterocycles. The molecule has 1 aromatic carbocycles. The number of nitrogens with one attached hydrogen (secondary N) is 1. The molecule has 0 amide bonds. The van der Waals surface area contributed by atoms with E-state index in [4.69, 9.17) is 4.74 Å². The summed E-state index contributed by atoms with van der Waals surface area (Å²) >= 11 is 0. The van der Waals surface area contributed by atoms with Crippen molar-refractivity contribution in [3.05, 3.63) is 23.8 Å². The Morgan fingerprint density at radius 1 is 1.47 bits per heavy atom. The zero-order valence-electron chi connectivity index (χ0n) is 9.39. The topological polar surface area (TPSA) is 72.5 Å². The summed E-state index contributed by atoms with van der Waals surface area (Å²) in [4.78, 5) is 11.8. The van der Waals surface area contributed by atoms with Crippen molar-refractivity contribution in [1.82, 2.24) is 0 Å². The Bertz CT molecular complexity index is 551. The van der Waals surface area contributed by atoms with Crippen molar-refractivity contribution in [1.29, 1.82) is 0 Å². The average Bonchev–Trinajstić information content (AvgIpc) is 2.28. The first kappa shape index (κ1) is 11.9. The minimum Gasteiger partial charge on any atom is -0.462 e. The van der Waals surface area contributed by atoms with Crippen molar-refractivity contribution in [3.8, 4) is 0 Å². The molecular weight excluding hydrogens is 242 g/mol. The molecule has 17 heavy (non-hydrogen) atoms. The number of hydrogen-bond donors (Lipinski definition) is 1. The van der Waals surface area contributed by atoms with E-state index in [1.807, 2.05) is 0 Å². The molecule has 1 aromatic rings. The van der Waals surface area contributed by atoms with E-state index < -0.39 is 15.8 Å². The lowest BCUT2D eigenvalue weighted by Crippen LogP contribution is -2.25. The van der Waals surface area contributed by atoms with Gasteiger partial charge in [-0.25, -0.2) is 13.2 Å². The molecule has 5 nitrogen and oxygen atoms in total. The monoisotopic (exact) mass is 255 g/mol. The third-order valence-electron chi connectivity index (χ3n) is 2.53. The molecule has 0 unspecified atom stereocenters. The van der Waals surface area contributed by atoms with E-state index in [0.717, 1.165) is 0 Å². The van der Waals surface area contributed by atoms with E-state index in [9.17, 15) is 13.2 Å². The van der Waals surface area contributed by atoms with E-state index in [-0.39, 0.29) is 22.8 Å². The summed E-state index contributed by atoms with van der Waals surface area (Å²) in [6.45, 7) is 2.28. The van der Waals surface area contributed by atoms with E-state index in [1.165, 1.54) is 6.07 Å². The fourth-order valence-electron chi connectivity index (χ4n) is 1.77. The van der Waals surface area contributed by atoms with Gasteiger partial charge in [-0.3, -0.25) is 0 Å². The Morgan fingerprint density at radius 2 is 2.24 bits per heavy atom. The maximum absolute atomic E-state index is 11.8. The summed E-state index contributed by atoms with van der Waals surface area (Å²) in [5.74, 6) is -0.458. The van der Waals surface area contributed by atoms with E-state index in [0.29, 0.717) is 12.2 Å². The number of carbonyl (C=O) groups is 1. The number of anilines is 1. The largest absolute Gasteiger partial charge is 0.462 e. The number of rotatable bonds is 2. The lowest BCUT2D eigenvalue weighted by Gasteiger charge is -2.20. The molecule has 1 aliphatic heterocycles. The van der Waals surface area contributed by atoms with Crippen LogP contribution in [0.5, 0.6) is 0 Å². The van der Waals surface area contributed by atoms with Gasteiger partial charge in [0.15, 0.2) is 9.84 Å². The van der Waals surface area contributed by atoms with Crippen LogP contribution in [-0.4, -0.2) is 33.3 Å². The molecule has 2 rings (SSSR count). The van der Waals surface area contributed by atoms with Crippen LogP contribution in [0.15, 0.2) is 23.1 Å². The van der Waals surface area contributed by atoms with Crippen LogP contribution in [0, 0.1) is 0 Å². The smallest absolute Gasteiger partial charge is 0.340 e. The highest BCUT2D eigenvalue weighted by atomic mass is 32.2. The molecule has 0 radical (unpaired) electrons. The number of para-hydroxylation sites is 1. The van der Waals surface area contributed by atoms with Gasteiger partial charge in [-0.15, -0.1) is 0 Å². The third kappa shape index (κ3) is 2.12. The summed E-state index contributed by atoms with van der Waals surface area (Å²) in [5.41, 5.74) is 0.629. The summed E-state index contributed by atoms with van der Waals surface area (Å²) < 4.78 is 28.5. The Balaban J connectivity index is 2.54. The van der Waals surface area contributed by atoms with Crippen LogP contribution in [0.3, 0.4) is 0 Å². The predicted octanol–water partition coefficient (Wildman–Crippen LogP) is 1.06. The molecule has 92 valence electrons. The van der Waals surface area contributed by atoms with Crippen molar-refractivity contribution in [2.24, 2.45) is 0 Å². The lowest BCUT2D eigenvalue weighted by atomic mass is 10.1. The molecule has 0 aromatic heterocycles. The first-order valence-corrected chi connectivity index (χ1v) is 6.98. The Labute approximate surface area is 99.7 Å². The molecule has 0 aliphatic carbocycles. The van der Waals surface area contributed by atoms with E-state index >= 15 is 0 Å². The van der Waals surface area contributed by atoms with Gasteiger partial charge in [0.2, 0.25) is 0 Å². The average molecular weight is 255 g/mol. The van der Waals surface area contributed by atoms with Crippen LogP contribution in [-0.2, 0) is 14.6 Å². The molecular formula is C11H13NO4S. The Kier molecular flexibility index (Phi) is 3.06. The second-order valence-corrected chi connectivity index (χ2v) is 5.72. The summed E-state index contributed by atoms with van der Waals surface area (Å²) in [6, 6.07) is 4.61. The fraction of sp³-hybridized carbons (Fsp3) is 0.364. The zero-order valence-corrected chi connectivity index (χ0v) is 10.2. The Morgan fingerprint density at radius 3 is 2.94 bits per heavy atom. The molecule has 0 spiro atoms. The highest BCUT2D eigenvalue weighted by Gasteiger charge is 2.27. The third-order valence-corrected chi connectivity index (χ3v) is 4.28. The van der Waals surface area contributed by atoms with Crippen molar-refractivity contribution in [3.63, 3.8) is 0 Å². The number of ether oxygens (including phenoxy) is 1. The molecule has 0 bridgehead atoms. The van der Waals surface area contributed by atoms with Gasteiger partial charge in [0, 0.05) is 6.54 Å². The van der Waals surface area contributed by atoms with Crippen LogP contribution in [0.2, 0.25) is 0 Å². The van der Waals surface area contributed by atoms with E-state index in [2.05, 4.69) is 5.32 Å². The van der Waals surface area contributed by atoms with E-state index in [1.54, 1.807) is 19.1 Å². The van der Waals surface area contributed by atoms with Gasteiger partial charge in [0.1, 0.15) is 0 Å². The van der Waals surface area contributed by atoms with Crippen LogP contribution < -0.4 is 5.32 Å². The van der Waals surface area contributed by atoms with Crippen LogP contribution in [0.25, 0.3) is 0 Å². The van der Waals surface area contributed by atoms with Gasteiger partial charge < -0.3 is 10.1 Å². The second-order valence-electron chi connectivity index (χ2n) is 3.64. The number of esters is 1. The molecule has 0 fully saturated rings. The number of fused-ring (bicyclic) bond motifs is 1.